The molecule has 0 aliphatic carbocycles. The maximum Gasteiger partial charge on any atom is 0.293 e. The normalized spacial score (nSPS) is 23.2. The van der Waals surface area contributed by atoms with Gasteiger partial charge in [0.15, 0.2) is 0 Å². The van der Waals surface area contributed by atoms with E-state index in [1.807, 2.05) is 30.3 Å². The summed E-state index contributed by atoms with van der Waals surface area (Å²) in [5, 5.41) is 0. The lowest BCUT2D eigenvalue weighted by molar-refractivity contribution is -0.129. The van der Waals surface area contributed by atoms with E-state index in [9.17, 15) is 4.79 Å². The third-order valence-corrected chi connectivity index (χ3v) is 4.91. The molecule has 0 spiro atoms. The molecule has 0 bridgehead atoms. The molecule has 2 aliphatic heterocycles. The number of benzene rings is 1. The Morgan fingerprint density at radius 2 is 1.81 bits per heavy atom. The summed E-state index contributed by atoms with van der Waals surface area (Å²) in [6, 6.07) is 9.55. The van der Waals surface area contributed by atoms with E-state index in [1.165, 1.54) is 31.6 Å². The number of nitrogens with two attached hydrogens (primary N) is 1. The average molecular weight is 310 g/mol. The Bertz CT molecular complexity index is 377. The Labute approximate surface area is 132 Å². The standard InChI is InChI=1S/C8H8O2.C7H13NS.CH5N/c9-7-10-6-8-4-2-1-3-5-8;1-8-2-6-4-9-5-7(6)3-8;1-2/h1-5,7H,6H2;6-7H,2-5H2,1H3;2H2,1H3. The van der Waals surface area contributed by atoms with Crippen LogP contribution in [-0.4, -0.2) is 50.1 Å². The van der Waals surface area contributed by atoms with Crippen molar-refractivity contribution in [2.75, 3.05) is 38.7 Å². The molecule has 2 unspecified atom stereocenters. The van der Waals surface area contributed by atoms with Crippen LogP contribution in [0.15, 0.2) is 30.3 Å². The van der Waals surface area contributed by atoms with E-state index in [0.29, 0.717) is 13.1 Å². The van der Waals surface area contributed by atoms with Gasteiger partial charge in [-0.1, -0.05) is 30.3 Å². The van der Waals surface area contributed by atoms with E-state index in [2.05, 4.69) is 34.2 Å². The van der Waals surface area contributed by atoms with E-state index in [4.69, 9.17) is 0 Å². The zero-order valence-corrected chi connectivity index (χ0v) is 13.7. The third-order valence-electron chi connectivity index (χ3n) is 3.58. The van der Waals surface area contributed by atoms with Gasteiger partial charge < -0.3 is 15.4 Å². The summed E-state index contributed by atoms with van der Waals surface area (Å²) in [7, 11) is 3.74. The molecule has 5 heteroatoms. The first-order valence-corrected chi connectivity index (χ1v) is 8.38. The number of likely N-dealkylation sites (tertiary alicyclic amines) is 1. The van der Waals surface area contributed by atoms with Crippen LogP contribution >= 0.6 is 11.8 Å². The molecule has 0 radical (unpaired) electrons. The molecule has 2 atom stereocenters. The summed E-state index contributed by atoms with van der Waals surface area (Å²) in [5.74, 6) is 4.93. The van der Waals surface area contributed by atoms with Crippen molar-refractivity contribution in [1.29, 1.82) is 0 Å². The smallest absolute Gasteiger partial charge is 0.293 e. The predicted molar refractivity (Wildman–Crippen MR) is 89.2 cm³/mol. The van der Waals surface area contributed by atoms with Gasteiger partial charge in [-0.3, -0.25) is 4.79 Å². The van der Waals surface area contributed by atoms with Crippen LogP contribution in [-0.2, 0) is 16.1 Å². The summed E-state index contributed by atoms with van der Waals surface area (Å²) >= 11 is 2.14. The zero-order valence-electron chi connectivity index (χ0n) is 12.9. The fourth-order valence-electron chi connectivity index (χ4n) is 2.63. The highest BCUT2D eigenvalue weighted by Gasteiger charge is 2.34. The summed E-state index contributed by atoms with van der Waals surface area (Å²) in [4.78, 5) is 12.2. The summed E-state index contributed by atoms with van der Waals surface area (Å²) in [6.07, 6.45) is 0. The van der Waals surface area contributed by atoms with E-state index in [1.54, 1.807) is 0 Å². The highest BCUT2D eigenvalue weighted by Crippen LogP contribution is 2.34. The summed E-state index contributed by atoms with van der Waals surface area (Å²) in [5.41, 5.74) is 5.51. The van der Waals surface area contributed by atoms with Gasteiger partial charge in [-0.15, -0.1) is 0 Å². The molecule has 4 nitrogen and oxygen atoms in total. The van der Waals surface area contributed by atoms with Crippen LogP contribution in [0.25, 0.3) is 0 Å². The van der Waals surface area contributed by atoms with Crippen molar-refractivity contribution in [1.82, 2.24) is 4.90 Å². The molecular formula is C16H26N2O2S. The third kappa shape index (κ3) is 6.50. The van der Waals surface area contributed by atoms with Crippen LogP contribution in [0.5, 0.6) is 0 Å². The van der Waals surface area contributed by atoms with Crippen LogP contribution in [0.3, 0.4) is 0 Å². The number of fused-ring (bicyclic) bond motifs is 1. The van der Waals surface area contributed by atoms with E-state index in [0.717, 1.165) is 17.4 Å². The first-order valence-electron chi connectivity index (χ1n) is 7.23. The molecule has 2 aliphatic rings. The Morgan fingerprint density at radius 3 is 2.33 bits per heavy atom. The minimum atomic E-state index is 0.365. The Kier molecular flexibility index (Phi) is 9.14. The number of thioether (sulfide) groups is 1. The molecule has 2 heterocycles. The molecule has 3 rings (SSSR count). The van der Waals surface area contributed by atoms with Crippen LogP contribution < -0.4 is 5.73 Å². The van der Waals surface area contributed by atoms with Gasteiger partial charge >= 0.3 is 0 Å². The first kappa shape index (κ1) is 18.0. The Morgan fingerprint density at radius 1 is 1.24 bits per heavy atom. The van der Waals surface area contributed by atoms with Gasteiger partial charge in [-0.25, -0.2) is 0 Å². The van der Waals surface area contributed by atoms with E-state index >= 15 is 0 Å². The number of hydrogen-bond donors (Lipinski definition) is 1. The molecule has 1 aromatic carbocycles. The van der Waals surface area contributed by atoms with Crippen molar-refractivity contribution in [2.24, 2.45) is 17.6 Å². The van der Waals surface area contributed by atoms with Gasteiger partial charge in [-0.05, 0) is 43.0 Å². The van der Waals surface area contributed by atoms with Gasteiger partial charge in [0.05, 0.1) is 0 Å². The molecule has 0 aromatic heterocycles. The molecular weight excluding hydrogens is 284 g/mol. The quantitative estimate of drug-likeness (QED) is 0.864. The number of carbonyl (C=O) groups is 1. The van der Waals surface area contributed by atoms with Crippen LogP contribution in [0, 0.1) is 11.8 Å². The lowest BCUT2D eigenvalue weighted by Gasteiger charge is -2.06. The topological polar surface area (TPSA) is 55.6 Å². The fourth-order valence-corrected chi connectivity index (χ4v) is 4.12. The highest BCUT2D eigenvalue weighted by molar-refractivity contribution is 7.99. The lowest BCUT2D eigenvalue weighted by atomic mass is 10.0. The van der Waals surface area contributed by atoms with Crippen LogP contribution in [0.2, 0.25) is 0 Å². The van der Waals surface area contributed by atoms with Crippen LogP contribution in [0.4, 0.5) is 0 Å². The second-order valence-electron chi connectivity index (χ2n) is 5.17. The second kappa shape index (κ2) is 10.7. The van der Waals surface area contributed by atoms with Crippen molar-refractivity contribution in [3.05, 3.63) is 35.9 Å². The predicted octanol–water partition coefficient (Wildman–Crippen LogP) is 1.85. The number of ether oxygens (including phenoxy) is 1. The molecule has 2 fully saturated rings. The van der Waals surface area contributed by atoms with Crippen molar-refractivity contribution in [2.45, 2.75) is 6.61 Å². The zero-order chi connectivity index (χ0) is 15.5. The lowest BCUT2D eigenvalue weighted by Crippen LogP contribution is -2.15. The van der Waals surface area contributed by atoms with Crippen molar-refractivity contribution >= 4 is 18.2 Å². The second-order valence-corrected chi connectivity index (χ2v) is 6.25. The average Bonchev–Trinajstić information content (AvgIpc) is 3.09. The molecule has 1 aromatic rings. The van der Waals surface area contributed by atoms with Gasteiger partial charge in [0.1, 0.15) is 6.61 Å². The summed E-state index contributed by atoms with van der Waals surface area (Å²) < 4.78 is 4.54. The molecule has 2 N–H and O–H groups in total. The van der Waals surface area contributed by atoms with E-state index < -0.39 is 0 Å². The number of rotatable bonds is 3. The van der Waals surface area contributed by atoms with E-state index in [-0.39, 0.29) is 0 Å². The van der Waals surface area contributed by atoms with Crippen molar-refractivity contribution in [3.63, 3.8) is 0 Å². The number of carbonyl (C=O) groups excluding carboxylic acids is 1. The maximum absolute atomic E-state index is 9.76. The number of hydrogen-bond acceptors (Lipinski definition) is 5. The highest BCUT2D eigenvalue weighted by atomic mass is 32.2. The monoisotopic (exact) mass is 310 g/mol. The van der Waals surface area contributed by atoms with Gasteiger partial charge in [-0.2, -0.15) is 11.8 Å². The van der Waals surface area contributed by atoms with Crippen molar-refractivity contribution < 1.29 is 9.53 Å². The minimum Gasteiger partial charge on any atom is -0.463 e. The Hall–Kier alpha value is -1.04. The first-order chi connectivity index (χ1) is 10.3. The van der Waals surface area contributed by atoms with Gasteiger partial charge in [0.2, 0.25) is 0 Å². The molecule has 21 heavy (non-hydrogen) atoms. The largest absolute Gasteiger partial charge is 0.463 e. The molecule has 2 saturated heterocycles. The number of nitrogens with zero attached hydrogens (tertiary/aromatic N) is 1. The summed E-state index contributed by atoms with van der Waals surface area (Å²) in [6.45, 7) is 3.53. The Balaban J connectivity index is 0.000000188. The van der Waals surface area contributed by atoms with Gasteiger partial charge in [0, 0.05) is 13.1 Å². The van der Waals surface area contributed by atoms with Crippen LogP contribution in [0.1, 0.15) is 5.56 Å². The molecule has 0 amide bonds. The fraction of sp³-hybridized carbons (Fsp3) is 0.562. The van der Waals surface area contributed by atoms with Gasteiger partial charge in [0.25, 0.3) is 6.47 Å². The minimum absolute atomic E-state index is 0.365. The molecule has 0 saturated carbocycles. The van der Waals surface area contributed by atoms with Crippen molar-refractivity contribution in [3.8, 4) is 0 Å². The molecule has 118 valence electrons. The maximum atomic E-state index is 9.76. The SMILES string of the molecule is CN.CN1CC2CSCC2C1.O=COCc1ccccc1.